The Hall–Kier alpha value is -1.53. The van der Waals surface area contributed by atoms with Crippen LogP contribution < -0.4 is 5.73 Å². The van der Waals surface area contributed by atoms with Gasteiger partial charge in [0.1, 0.15) is 5.82 Å². The minimum Gasteiger partial charge on any atom is -0.336 e. The molecule has 2 aromatic rings. The van der Waals surface area contributed by atoms with Crippen molar-refractivity contribution in [3.63, 3.8) is 0 Å². The minimum atomic E-state index is 0.193. The highest BCUT2D eigenvalue weighted by Crippen LogP contribution is 2.29. The molecule has 0 radical (unpaired) electrons. The van der Waals surface area contributed by atoms with E-state index < -0.39 is 0 Å². The smallest absolute Gasteiger partial charge is 0.261 e. The monoisotopic (exact) mass is 247 g/mol. The molecule has 6 heteroatoms. The Morgan fingerprint density at radius 1 is 1.39 bits per heavy atom. The molecule has 6 nitrogen and oxygen atoms in total. The largest absolute Gasteiger partial charge is 0.336 e. The second-order valence-electron chi connectivity index (χ2n) is 5.11. The molecule has 0 aromatic carbocycles. The normalized spacial score (nSPS) is 25.7. The van der Waals surface area contributed by atoms with E-state index in [-0.39, 0.29) is 6.04 Å². The summed E-state index contributed by atoms with van der Waals surface area (Å²) >= 11 is 0. The van der Waals surface area contributed by atoms with Gasteiger partial charge in [0.2, 0.25) is 0 Å². The van der Waals surface area contributed by atoms with E-state index in [0.717, 1.165) is 36.4 Å². The Morgan fingerprint density at radius 3 is 3.00 bits per heavy atom. The molecule has 18 heavy (non-hydrogen) atoms. The van der Waals surface area contributed by atoms with E-state index in [1.807, 2.05) is 6.92 Å². The average molecular weight is 247 g/mol. The fourth-order valence-corrected chi connectivity index (χ4v) is 2.77. The van der Waals surface area contributed by atoms with Crippen LogP contribution in [0, 0.1) is 6.92 Å². The molecule has 2 atom stereocenters. The molecule has 2 N–H and O–H groups in total. The van der Waals surface area contributed by atoms with Gasteiger partial charge < -0.3 is 15.2 Å². The number of nitrogens with two attached hydrogens (primary N) is 1. The topological polar surface area (TPSA) is 81.1 Å². The molecule has 2 aromatic heterocycles. The molecule has 1 saturated heterocycles. The van der Waals surface area contributed by atoms with Crippen LogP contribution in [0.25, 0.3) is 11.1 Å². The van der Waals surface area contributed by atoms with Crippen LogP contribution in [-0.2, 0) is 0 Å². The Morgan fingerprint density at radius 2 is 2.22 bits per heavy atom. The van der Waals surface area contributed by atoms with Crippen molar-refractivity contribution in [2.45, 2.75) is 25.3 Å². The predicted molar refractivity (Wildman–Crippen MR) is 67.2 cm³/mol. The summed E-state index contributed by atoms with van der Waals surface area (Å²) in [5, 5.41) is 4.72. The first-order valence-electron chi connectivity index (χ1n) is 6.16. The summed E-state index contributed by atoms with van der Waals surface area (Å²) in [6, 6.07) is 0.193. The number of piperidine rings is 1. The summed E-state index contributed by atoms with van der Waals surface area (Å²) in [5.41, 5.74) is 7.67. The number of nitrogens with zero attached hydrogens (tertiary/aromatic N) is 4. The van der Waals surface area contributed by atoms with Crippen molar-refractivity contribution >= 4 is 11.1 Å². The lowest BCUT2D eigenvalue weighted by Crippen LogP contribution is -2.44. The summed E-state index contributed by atoms with van der Waals surface area (Å²) in [7, 11) is 2.09. The SMILES string of the molecule is Cc1nc(C2CC(N)CN(C)C2)c2cnoc2n1. The number of hydrogen-bond donors (Lipinski definition) is 1. The molecule has 0 bridgehead atoms. The highest BCUT2D eigenvalue weighted by atomic mass is 16.5. The van der Waals surface area contributed by atoms with E-state index >= 15 is 0 Å². The zero-order valence-electron chi connectivity index (χ0n) is 10.6. The highest BCUT2D eigenvalue weighted by molar-refractivity contribution is 5.75. The number of hydrogen-bond acceptors (Lipinski definition) is 6. The molecule has 0 aliphatic carbocycles. The van der Waals surface area contributed by atoms with Gasteiger partial charge in [-0.2, -0.15) is 4.98 Å². The van der Waals surface area contributed by atoms with Crippen molar-refractivity contribution in [2.75, 3.05) is 20.1 Å². The van der Waals surface area contributed by atoms with Gasteiger partial charge in [0.05, 0.1) is 17.3 Å². The van der Waals surface area contributed by atoms with Gasteiger partial charge in [-0.25, -0.2) is 4.98 Å². The number of aromatic nitrogens is 3. The van der Waals surface area contributed by atoms with Crippen LogP contribution in [0.4, 0.5) is 0 Å². The molecule has 1 aliphatic rings. The second-order valence-corrected chi connectivity index (χ2v) is 5.11. The maximum atomic E-state index is 6.09. The van der Waals surface area contributed by atoms with Crippen LogP contribution >= 0.6 is 0 Å². The van der Waals surface area contributed by atoms with Crippen LogP contribution in [0.15, 0.2) is 10.7 Å². The van der Waals surface area contributed by atoms with Crippen molar-refractivity contribution in [1.29, 1.82) is 0 Å². The fourth-order valence-electron chi connectivity index (χ4n) is 2.77. The Labute approximate surface area is 105 Å². The van der Waals surface area contributed by atoms with Crippen LogP contribution in [-0.4, -0.2) is 46.2 Å². The maximum absolute atomic E-state index is 6.09. The Bertz CT molecular complexity index is 557. The third-order valence-electron chi connectivity index (χ3n) is 3.43. The molecular weight excluding hydrogens is 230 g/mol. The van der Waals surface area contributed by atoms with E-state index in [2.05, 4.69) is 27.1 Å². The fraction of sp³-hybridized carbons (Fsp3) is 0.583. The van der Waals surface area contributed by atoms with Crippen molar-refractivity contribution < 1.29 is 4.52 Å². The summed E-state index contributed by atoms with van der Waals surface area (Å²) in [6.45, 7) is 3.77. The predicted octanol–water partition coefficient (Wildman–Crippen LogP) is 0.673. The van der Waals surface area contributed by atoms with Crippen molar-refractivity contribution in [3.05, 3.63) is 17.7 Å². The molecule has 1 aliphatic heterocycles. The lowest BCUT2D eigenvalue weighted by molar-refractivity contribution is 0.225. The zero-order chi connectivity index (χ0) is 12.7. The van der Waals surface area contributed by atoms with E-state index in [4.69, 9.17) is 10.3 Å². The molecule has 3 heterocycles. The van der Waals surface area contributed by atoms with Crippen LogP contribution in [0.2, 0.25) is 0 Å². The molecule has 96 valence electrons. The van der Waals surface area contributed by atoms with Gasteiger partial charge in [-0.1, -0.05) is 5.16 Å². The van der Waals surface area contributed by atoms with Crippen LogP contribution in [0.3, 0.4) is 0 Å². The average Bonchev–Trinajstić information content (AvgIpc) is 2.74. The lowest BCUT2D eigenvalue weighted by Gasteiger charge is -2.33. The Kier molecular flexibility index (Phi) is 2.76. The van der Waals surface area contributed by atoms with E-state index in [1.54, 1.807) is 6.20 Å². The van der Waals surface area contributed by atoms with Crippen molar-refractivity contribution in [1.82, 2.24) is 20.0 Å². The molecule has 1 fully saturated rings. The van der Waals surface area contributed by atoms with Gasteiger partial charge in [0.15, 0.2) is 0 Å². The Balaban J connectivity index is 2.05. The third kappa shape index (κ3) is 1.97. The maximum Gasteiger partial charge on any atom is 0.261 e. The van der Waals surface area contributed by atoms with Crippen LogP contribution in [0.1, 0.15) is 23.9 Å². The first-order chi connectivity index (χ1) is 8.63. The molecule has 0 saturated carbocycles. The lowest BCUT2D eigenvalue weighted by atomic mass is 9.91. The number of fused-ring (bicyclic) bond motifs is 1. The van der Waals surface area contributed by atoms with Gasteiger partial charge in [0.25, 0.3) is 5.71 Å². The molecule has 3 rings (SSSR count). The molecular formula is C12H17N5O. The number of likely N-dealkylation sites (N-methyl/N-ethyl adjacent to an activating group) is 1. The van der Waals surface area contributed by atoms with Gasteiger partial charge in [-0.3, -0.25) is 0 Å². The summed E-state index contributed by atoms with van der Waals surface area (Å²) < 4.78 is 5.14. The van der Waals surface area contributed by atoms with Crippen molar-refractivity contribution in [2.24, 2.45) is 5.73 Å². The summed E-state index contributed by atoms with van der Waals surface area (Å²) in [4.78, 5) is 11.1. The van der Waals surface area contributed by atoms with Gasteiger partial charge in [0, 0.05) is 25.0 Å². The minimum absolute atomic E-state index is 0.193. The zero-order valence-corrected chi connectivity index (χ0v) is 10.6. The standard InChI is InChI=1S/C12H17N5O/c1-7-15-11(10-4-14-18-12(10)16-7)8-3-9(13)6-17(2)5-8/h4,8-9H,3,5-6,13H2,1-2H3. The van der Waals surface area contributed by atoms with Gasteiger partial charge in [-0.05, 0) is 20.4 Å². The first kappa shape index (κ1) is 11.6. The summed E-state index contributed by atoms with van der Waals surface area (Å²) in [6.07, 6.45) is 2.64. The van der Waals surface area contributed by atoms with E-state index in [1.165, 1.54) is 0 Å². The molecule has 0 spiro atoms. The quantitative estimate of drug-likeness (QED) is 0.797. The van der Waals surface area contributed by atoms with Gasteiger partial charge in [-0.15, -0.1) is 0 Å². The number of likely N-dealkylation sites (tertiary alicyclic amines) is 1. The van der Waals surface area contributed by atoms with E-state index in [9.17, 15) is 0 Å². The first-order valence-corrected chi connectivity index (χ1v) is 6.16. The van der Waals surface area contributed by atoms with E-state index in [0.29, 0.717) is 11.6 Å². The van der Waals surface area contributed by atoms with Crippen molar-refractivity contribution in [3.8, 4) is 0 Å². The van der Waals surface area contributed by atoms with Crippen LogP contribution in [0.5, 0.6) is 0 Å². The third-order valence-corrected chi connectivity index (χ3v) is 3.43. The highest BCUT2D eigenvalue weighted by Gasteiger charge is 2.27. The number of rotatable bonds is 1. The molecule has 0 amide bonds. The van der Waals surface area contributed by atoms with Gasteiger partial charge >= 0.3 is 0 Å². The number of aryl methyl sites for hydroxylation is 1. The second kappa shape index (κ2) is 4.29. The summed E-state index contributed by atoms with van der Waals surface area (Å²) in [5.74, 6) is 1.04. The molecule has 2 unspecified atom stereocenters.